The summed E-state index contributed by atoms with van der Waals surface area (Å²) in [5.74, 6) is 0.128. The Kier molecular flexibility index (Phi) is 4.94. The molecule has 0 bridgehead atoms. The lowest BCUT2D eigenvalue weighted by Gasteiger charge is -2.31. The van der Waals surface area contributed by atoms with Gasteiger partial charge in [0.1, 0.15) is 0 Å². The molecule has 3 N–H and O–H groups in total. The largest absolute Gasteiger partial charge is 0.330 e. The van der Waals surface area contributed by atoms with Gasteiger partial charge in [-0.15, -0.1) is 0 Å². The number of nitrogens with two attached hydrogens (primary N) is 1. The number of hydrogen-bond donors (Lipinski definition) is 2. The number of fused-ring (bicyclic) bond motifs is 1. The SMILES string of the molecule is CC(=O)N1CCc2ccc(S(=O)(=O)N[C@H]3CCCC[C@@H]3CN)cc21. The fourth-order valence-corrected chi connectivity index (χ4v) is 5.12. The van der Waals surface area contributed by atoms with Crippen LogP contribution in [0.15, 0.2) is 23.1 Å². The van der Waals surface area contributed by atoms with Crippen molar-refractivity contribution in [2.45, 2.75) is 50.0 Å². The van der Waals surface area contributed by atoms with Crippen LogP contribution in [-0.4, -0.2) is 33.5 Å². The third-order valence-electron chi connectivity index (χ3n) is 5.16. The van der Waals surface area contributed by atoms with Crippen molar-refractivity contribution in [3.63, 3.8) is 0 Å². The van der Waals surface area contributed by atoms with Gasteiger partial charge in [-0.2, -0.15) is 0 Å². The topological polar surface area (TPSA) is 92.5 Å². The molecule has 1 fully saturated rings. The summed E-state index contributed by atoms with van der Waals surface area (Å²) in [4.78, 5) is 13.6. The van der Waals surface area contributed by atoms with Gasteiger partial charge in [-0.3, -0.25) is 4.79 Å². The second-order valence-electron chi connectivity index (χ2n) is 6.72. The number of nitrogens with zero attached hydrogens (tertiary/aromatic N) is 1. The Labute approximate surface area is 143 Å². The summed E-state index contributed by atoms with van der Waals surface area (Å²) < 4.78 is 28.4. The van der Waals surface area contributed by atoms with Gasteiger partial charge in [-0.25, -0.2) is 13.1 Å². The Morgan fingerprint density at radius 3 is 2.79 bits per heavy atom. The maximum Gasteiger partial charge on any atom is 0.240 e. The third kappa shape index (κ3) is 3.34. The molecule has 1 aromatic rings. The molecule has 6 nitrogen and oxygen atoms in total. The van der Waals surface area contributed by atoms with E-state index in [1.54, 1.807) is 17.0 Å². The molecule has 1 saturated carbocycles. The number of benzene rings is 1. The summed E-state index contributed by atoms with van der Waals surface area (Å²) in [7, 11) is -3.62. The molecule has 132 valence electrons. The molecule has 3 rings (SSSR count). The van der Waals surface area contributed by atoms with Crippen molar-refractivity contribution in [3.8, 4) is 0 Å². The zero-order valence-corrected chi connectivity index (χ0v) is 14.8. The zero-order chi connectivity index (χ0) is 17.3. The first-order valence-corrected chi connectivity index (χ1v) is 10.0. The molecule has 0 saturated heterocycles. The van der Waals surface area contributed by atoms with Crippen molar-refractivity contribution >= 4 is 21.6 Å². The van der Waals surface area contributed by atoms with Crippen molar-refractivity contribution in [1.82, 2.24) is 4.72 Å². The van der Waals surface area contributed by atoms with Gasteiger partial charge in [-0.05, 0) is 49.4 Å². The first-order valence-electron chi connectivity index (χ1n) is 8.56. The van der Waals surface area contributed by atoms with Gasteiger partial charge in [0, 0.05) is 25.2 Å². The van der Waals surface area contributed by atoms with E-state index in [-0.39, 0.29) is 22.8 Å². The molecule has 1 aliphatic heterocycles. The average molecular weight is 351 g/mol. The minimum absolute atomic E-state index is 0.0632. The number of rotatable bonds is 4. The fraction of sp³-hybridized carbons (Fsp3) is 0.588. The molecule has 1 aromatic carbocycles. The van der Waals surface area contributed by atoms with Crippen LogP contribution in [0, 0.1) is 5.92 Å². The van der Waals surface area contributed by atoms with Gasteiger partial charge < -0.3 is 10.6 Å². The summed E-state index contributed by atoms with van der Waals surface area (Å²) in [6, 6.07) is 4.96. The van der Waals surface area contributed by atoms with Gasteiger partial charge >= 0.3 is 0 Å². The summed E-state index contributed by atoms with van der Waals surface area (Å²) in [6.45, 7) is 2.61. The van der Waals surface area contributed by atoms with Crippen molar-refractivity contribution in [1.29, 1.82) is 0 Å². The lowest BCUT2D eigenvalue weighted by Crippen LogP contribution is -2.44. The van der Waals surface area contributed by atoms with E-state index < -0.39 is 10.0 Å². The number of anilines is 1. The number of nitrogens with one attached hydrogen (secondary N) is 1. The molecule has 1 aliphatic carbocycles. The number of sulfonamides is 1. The van der Waals surface area contributed by atoms with E-state index >= 15 is 0 Å². The van der Waals surface area contributed by atoms with Crippen LogP contribution in [-0.2, 0) is 21.2 Å². The molecule has 1 heterocycles. The summed E-state index contributed by atoms with van der Waals surface area (Å²) >= 11 is 0. The Morgan fingerprint density at radius 1 is 1.33 bits per heavy atom. The lowest BCUT2D eigenvalue weighted by atomic mass is 9.85. The first kappa shape index (κ1) is 17.4. The van der Waals surface area contributed by atoms with E-state index in [0.29, 0.717) is 18.8 Å². The monoisotopic (exact) mass is 351 g/mol. The molecule has 7 heteroatoms. The number of amides is 1. The van der Waals surface area contributed by atoms with E-state index in [1.165, 1.54) is 6.92 Å². The number of carbonyl (C=O) groups excluding carboxylic acids is 1. The van der Waals surface area contributed by atoms with E-state index in [2.05, 4.69) is 4.72 Å². The highest BCUT2D eigenvalue weighted by Gasteiger charge is 2.30. The van der Waals surface area contributed by atoms with Crippen LogP contribution in [0.5, 0.6) is 0 Å². The van der Waals surface area contributed by atoms with Crippen molar-refractivity contribution in [2.75, 3.05) is 18.0 Å². The maximum absolute atomic E-state index is 12.8. The van der Waals surface area contributed by atoms with Gasteiger partial charge in [0.2, 0.25) is 15.9 Å². The predicted octanol–water partition coefficient (Wildman–Crippen LogP) is 1.39. The smallest absolute Gasteiger partial charge is 0.240 e. The van der Waals surface area contributed by atoms with E-state index in [4.69, 9.17) is 5.73 Å². The molecule has 0 unspecified atom stereocenters. The molecule has 0 aromatic heterocycles. The minimum atomic E-state index is -3.62. The van der Waals surface area contributed by atoms with Crippen LogP contribution in [0.1, 0.15) is 38.2 Å². The standard InChI is InChI=1S/C17H25N3O3S/c1-12(21)20-9-8-13-6-7-15(10-17(13)20)24(22,23)19-16-5-3-2-4-14(16)11-18/h6-7,10,14,16,19H,2-5,8-9,11,18H2,1H3/t14-,16+/m1/s1. The Balaban J connectivity index is 1.85. The summed E-state index contributed by atoms with van der Waals surface area (Å²) in [6.07, 6.45) is 4.68. The molecular weight excluding hydrogens is 326 g/mol. The fourth-order valence-electron chi connectivity index (χ4n) is 3.77. The highest BCUT2D eigenvalue weighted by molar-refractivity contribution is 7.89. The predicted molar refractivity (Wildman–Crippen MR) is 93.3 cm³/mol. The molecule has 2 atom stereocenters. The average Bonchev–Trinajstić information content (AvgIpc) is 2.98. The molecular formula is C17H25N3O3S. The highest BCUT2D eigenvalue weighted by Crippen LogP contribution is 2.31. The highest BCUT2D eigenvalue weighted by atomic mass is 32.2. The molecule has 24 heavy (non-hydrogen) atoms. The van der Waals surface area contributed by atoms with Crippen LogP contribution in [0.2, 0.25) is 0 Å². The van der Waals surface area contributed by atoms with Crippen LogP contribution >= 0.6 is 0 Å². The lowest BCUT2D eigenvalue weighted by molar-refractivity contribution is -0.116. The Morgan fingerprint density at radius 2 is 2.08 bits per heavy atom. The number of hydrogen-bond acceptors (Lipinski definition) is 4. The zero-order valence-electron chi connectivity index (χ0n) is 14.0. The molecule has 2 aliphatic rings. The van der Waals surface area contributed by atoms with Gasteiger partial charge in [0.05, 0.1) is 4.90 Å². The third-order valence-corrected chi connectivity index (χ3v) is 6.65. The molecule has 0 spiro atoms. The normalized spacial score (nSPS) is 24.0. The Bertz CT molecular complexity index is 733. The van der Waals surface area contributed by atoms with Crippen molar-refractivity contribution in [3.05, 3.63) is 23.8 Å². The second-order valence-corrected chi connectivity index (χ2v) is 8.43. The van der Waals surface area contributed by atoms with Crippen LogP contribution < -0.4 is 15.4 Å². The van der Waals surface area contributed by atoms with Crippen LogP contribution in [0.3, 0.4) is 0 Å². The summed E-state index contributed by atoms with van der Waals surface area (Å²) in [5, 5.41) is 0. The van der Waals surface area contributed by atoms with Crippen LogP contribution in [0.4, 0.5) is 5.69 Å². The summed E-state index contributed by atoms with van der Waals surface area (Å²) in [5.41, 5.74) is 7.53. The van der Waals surface area contributed by atoms with Gasteiger partial charge in [0.15, 0.2) is 0 Å². The first-order chi connectivity index (χ1) is 11.4. The maximum atomic E-state index is 12.8. The quantitative estimate of drug-likeness (QED) is 0.857. The minimum Gasteiger partial charge on any atom is -0.330 e. The van der Waals surface area contributed by atoms with Gasteiger partial charge in [-0.1, -0.05) is 18.9 Å². The van der Waals surface area contributed by atoms with E-state index in [9.17, 15) is 13.2 Å². The number of carbonyl (C=O) groups is 1. The van der Waals surface area contributed by atoms with Crippen LogP contribution in [0.25, 0.3) is 0 Å². The van der Waals surface area contributed by atoms with E-state index in [1.807, 2.05) is 6.07 Å². The second kappa shape index (κ2) is 6.82. The van der Waals surface area contributed by atoms with Crippen molar-refractivity contribution < 1.29 is 13.2 Å². The molecule has 0 radical (unpaired) electrons. The van der Waals surface area contributed by atoms with Gasteiger partial charge in [0.25, 0.3) is 0 Å². The molecule has 1 amide bonds. The van der Waals surface area contributed by atoms with E-state index in [0.717, 1.165) is 37.7 Å². The Hall–Kier alpha value is -1.44. The van der Waals surface area contributed by atoms with Crippen molar-refractivity contribution in [2.24, 2.45) is 11.7 Å².